The lowest BCUT2D eigenvalue weighted by molar-refractivity contribution is -0.189. The Morgan fingerprint density at radius 1 is 1.38 bits per heavy atom. The maximum atomic E-state index is 9.69. The average molecular weight is 226 g/mol. The summed E-state index contributed by atoms with van der Waals surface area (Å²) in [4.78, 5) is 0. The monoisotopic (exact) mass is 226 g/mol. The third-order valence-corrected chi connectivity index (χ3v) is 3.50. The second-order valence-corrected chi connectivity index (χ2v) is 4.94. The van der Waals surface area contributed by atoms with E-state index in [-0.39, 0.29) is 18.0 Å². The van der Waals surface area contributed by atoms with E-state index >= 15 is 0 Å². The van der Waals surface area contributed by atoms with Crippen molar-refractivity contribution in [2.24, 2.45) is 0 Å². The van der Waals surface area contributed by atoms with Crippen molar-refractivity contribution >= 4 is 0 Å². The first-order chi connectivity index (χ1) is 7.74. The van der Waals surface area contributed by atoms with E-state index in [1.54, 1.807) is 6.08 Å². The summed E-state index contributed by atoms with van der Waals surface area (Å²) in [6.07, 6.45) is 8.47. The molecule has 1 unspecified atom stereocenters. The highest BCUT2D eigenvalue weighted by atomic mass is 16.7. The molecule has 1 saturated carbocycles. The number of ether oxygens (including phenoxy) is 2. The Bertz CT molecular complexity index is 233. The Morgan fingerprint density at radius 3 is 2.81 bits per heavy atom. The first-order valence-corrected chi connectivity index (χ1v) is 6.35. The molecule has 92 valence electrons. The maximum Gasteiger partial charge on any atom is 0.168 e. The van der Waals surface area contributed by atoms with Gasteiger partial charge in [-0.1, -0.05) is 12.5 Å². The van der Waals surface area contributed by atoms with Crippen molar-refractivity contribution in [2.75, 3.05) is 6.61 Å². The Labute approximate surface area is 97.4 Å². The van der Waals surface area contributed by atoms with E-state index in [1.807, 2.05) is 0 Å². The third kappa shape index (κ3) is 2.84. The molecule has 2 fully saturated rings. The minimum absolute atomic E-state index is 0.0630. The van der Waals surface area contributed by atoms with Gasteiger partial charge in [0.2, 0.25) is 0 Å². The van der Waals surface area contributed by atoms with Gasteiger partial charge in [0.1, 0.15) is 0 Å². The van der Waals surface area contributed by atoms with Crippen molar-refractivity contribution < 1.29 is 14.6 Å². The predicted molar refractivity (Wildman–Crippen MR) is 62.1 cm³/mol. The summed E-state index contributed by atoms with van der Waals surface area (Å²) < 4.78 is 11.8. The zero-order valence-corrected chi connectivity index (χ0v) is 9.86. The lowest BCUT2D eigenvalue weighted by atomic mass is 9.94. The van der Waals surface area contributed by atoms with Gasteiger partial charge in [-0.05, 0) is 19.3 Å². The first-order valence-electron chi connectivity index (χ1n) is 6.35. The van der Waals surface area contributed by atoms with Gasteiger partial charge in [0, 0.05) is 19.3 Å². The summed E-state index contributed by atoms with van der Waals surface area (Å²) in [6.45, 7) is 4.26. The lowest BCUT2D eigenvalue weighted by Crippen LogP contribution is -2.33. The molecule has 0 aromatic rings. The van der Waals surface area contributed by atoms with Crippen LogP contribution in [0.3, 0.4) is 0 Å². The van der Waals surface area contributed by atoms with Crippen LogP contribution >= 0.6 is 0 Å². The van der Waals surface area contributed by atoms with Gasteiger partial charge in [-0.2, -0.15) is 0 Å². The predicted octanol–water partition coefficient (Wildman–Crippen LogP) is 2.39. The van der Waals surface area contributed by atoms with E-state index in [0.717, 1.165) is 12.8 Å². The van der Waals surface area contributed by atoms with Crippen LogP contribution < -0.4 is 0 Å². The first kappa shape index (κ1) is 12.1. The Hall–Kier alpha value is -0.380. The summed E-state index contributed by atoms with van der Waals surface area (Å²) >= 11 is 0. The van der Waals surface area contributed by atoms with Crippen molar-refractivity contribution in [3.8, 4) is 0 Å². The molecule has 1 saturated heterocycles. The van der Waals surface area contributed by atoms with Gasteiger partial charge in [-0.25, -0.2) is 0 Å². The summed E-state index contributed by atoms with van der Waals surface area (Å²) in [5, 5.41) is 9.69. The largest absolute Gasteiger partial charge is 0.393 e. The fraction of sp³-hybridized carbons (Fsp3) is 0.846. The number of aliphatic hydroxyl groups is 1. The highest BCUT2D eigenvalue weighted by Gasteiger charge is 2.42. The second kappa shape index (κ2) is 5.30. The van der Waals surface area contributed by atoms with E-state index in [0.29, 0.717) is 19.4 Å². The van der Waals surface area contributed by atoms with Crippen LogP contribution in [0.25, 0.3) is 0 Å². The van der Waals surface area contributed by atoms with Crippen LogP contribution in [0.5, 0.6) is 0 Å². The van der Waals surface area contributed by atoms with E-state index in [4.69, 9.17) is 9.47 Å². The topological polar surface area (TPSA) is 38.7 Å². The van der Waals surface area contributed by atoms with Crippen molar-refractivity contribution in [2.45, 2.75) is 62.9 Å². The molecule has 0 radical (unpaired) electrons. The van der Waals surface area contributed by atoms with Crippen LogP contribution in [-0.4, -0.2) is 29.7 Å². The zero-order valence-electron chi connectivity index (χ0n) is 9.86. The van der Waals surface area contributed by atoms with Crippen LogP contribution in [0.2, 0.25) is 0 Å². The van der Waals surface area contributed by atoms with Crippen molar-refractivity contribution in [1.29, 1.82) is 0 Å². The van der Waals surface area contributed by atoms with Gasteiger partial charge in [0.05, 0.1) is 18.8 Å². The van der Waals surface area contributed by atoms with Crippen LogP contribution in [0.1, 0.15) is 44.9 Å². The standard InChI is InChI=1S/C13H22O3/c1-2-6-11(14)9-12-10-15-13(16-12)7-4-3-5-8-13/h2,11-12,14H,1,3-10H2/t11?,12-/m0/s1. The highest BCUT2D eigenvalue weighted by molar-refractivity contribution is 4.84. The summed E-state index contributed by atoms with van der Waals surface area (Å²) in [5.74, 6) is -0.309. The van der Waals surface area contributed by atoms with Crippen LogP contribution in [-0.2, 0) is 9.47 Å². The van der Waals surface area contributed by atoms with E-state index < -0.39 is 0 Å². The van der Waals surface area contributed by atoms with Gasteiger partial charge in [0.25, 0.3) is 0 Å². The molecule has 1 aliphatic heterocycles. The molecule has 0 bridgehead atoms. The van der Waals surface area contributed by atoms with Crippen molar-refractivity contribution in [3.63, 3.8) is 0 Å². The van der Waals surface area contributed by atoms with E-state index in [2.05, 4.69) is 6.58 Å². The molecule has 1 aliphatic carbocycles. The fourth-order valence-electron chi connectivity index (χ4n) is 2.68. The van der Waals surface area contributed by atoms with Gasteiger partial charge in [-0.15, -0.1) is 6.58 Å². The molecule has 2 rings (SSSR count). The number of rotatable bonds is 4. The number of hydrogen-bond donors (Lipinski definition) is 1. The van der Waals surface area contributed by atoms with Crippen molar-refractivity contribution in [3.05, 3.63) is 12.7 Å². The van der Waals surface area contributed by atoms with Crippen LogP contribution in [0, 0.1) is 0 Å². The molecular formula is C13H22O3. The SMILES string of the molecule is C=CCC(O)C[C@H]1COC2(CCCCC2)O1. The van der Waals surface area contributed by atoms with Crippen molar-refractivity contribution in [1.82, 2.24) is 0 Å². The molecule has 2 aliphatic rings. The van der Waals surface area contributed by atoms with Crippen LogP contribution in [0.4, 0.5) is 0 Å². The fourth-order valence-corrected chi connectivity index (χ4v) is 2.68. The van der Waals surface area contributed by atoms with Gasteiger partial charge in [0.15, 0.2) is 5.79 Å². The molecule has 16 heavy (non-hydrogen) atoms. The summed E-state index contributed by atoms with van der Waals surface area (Å²) in [6, 6.07) is 0. The Balaban J connectivity index is 1.80. The normalized spacial score (nSPS) is 30.4. The Kier molecular flexibility index (Phi) is 4.00. The molecule has 0 amide bonds. The number of hydrogen-bond acceptors (Lipinski definition) is 3. The second-order valence-electron chi connectivity index (χ2n) is 4.94. The molecule has 0 aromatic carbocycles. The average Bonchev–Trinajstić information content (AvgIpc) is 2.63. The maximum absolute atomic E-state index is 9.69. The molecule has 1 N–H and O–H groups in total. The van der Waals surface area contributed by atoms with E-state index in [1.165, 1.54) is 19.3 Å². The molecule has 3 heteroatoms. The van der Waals surface area contributed by atoms with E-state index in [9.17, 15) is 5.11 Å². The minimum atomic E-state index is -0.343. The molecule has 1 spiro atoms. The zero-order chi connectivity index (χ0) is 11.4. The quantitative estimate of drug-likeness (QED) is 0.748. The molecule has 2 atom stereocenters. The molecule has 3 nitrogen and oxygen atoms in total. The Morgan fingerprint density at radius 2 is 2.12 bits per heavy atom. The minimum Gasteiger partial charge on any atom is -0.393 e. The summed E-state index contributed by atoms with van der Waals surface area (Å²) in [7, 11) is 0. The van der Waals surface area contributed by atoms with Gasteiger partial charge >= 0.3 is 0 Å². The highest BCUT2D eigenvalue weighted by Crippen LogP contribution is 2.38. The van der Waals surface area contributed by atoms with Crippen LogP contribution in [0.15, 0.2) is 12.7 Å². The third-order valence-electron chi connectivity index (χ3n) is 3.50. The van der Waals surface area contributed by atoms with Gasteiger partial charge < -0.3 is 14.6 Å². The van der Waals surface area contributed by atoms with Gasteiger partial charge in [-0.3, -0.25) is 0 Å². The smallest absolute Gasteiger partial charge is 0.168 e. The molecule has 1 heterocycles. The number of aliphatic hydroxyl groups excluding tert-OH is 1. The molecule has 0 aromatic heterocycles. The summed E-state index contributed by atoms with van der Waals surface area (Å²) in [5.41, 5.74) is 0. The lowest BCUT2D eigenvalue weighted by Gasteiger charge is -2.31. The molecular weight excluding hydrogens is 204 g/mol.